The van der Waals surface area contributed by atoms with Gasteiger partial charge in [0.25, 0.3) is 5.91 Å². The summed E-state index contributed by atoms with van der Waals surface area (Å²) in [4.78, 5) is 29.8. The van der Waals surface area contributed by atoms with Crippen molar-refractivity contribution < 1.29 is 28.6 Å². The van der Waals surface area contributed by atoms with Crippen LogP contribution in [0, 0.1) is 5.82 Å². The van der Waals surface area contributed by atoms with Crippen LogP contribution in [0.25, 0.3) is 11.1 Å². The maximum Gasteiger partial charge on any atom is 0.322 e. The zero-order valence-electron chi connectivity index (χ0n) is 26.4. The molecule has 3 aromatic carbocycles. The Hall–Kier alpha value is -3.99. The van der Waals surface area contributed by atoms with Gasteiger partial charge >= 0.3 is 6.03 Å². The Bertz CT molecular complexity index is 1520. The third kappa shape index (κ3) is 7.35. The highest BCUT2D eigenvalue weighted by Crippen LogP contribution is 2.47. The van der Waals surface area contributed by atoms with Crippen molar-refractivity contribution in [2.75, 3.05) is 57.5 Å². The van der Waals surface area contributed by atoms with E-state index < -0.39 is 0 Å². The molecular weight excluding hydrogens is 587 g/mol. The molecule has 0 bridgehead atoms. The van der Waals surface area contributed by atoms with E-state index in [2.05, 4.69) is 27.7 Å². The zero-order chi connectivity index (χ0) is 32.1. The van der Waals surface area contributed by atoms with Crippen molar-refractivity contribution in [3.8, 4) is 16.9 Å². The number of nitrogens with zero attached hydrogens (tertiary/aromatic N) is 2. The molecule has 3 aliphatic rings. The first-order valence-corrected chi connectivity index (χ1v) is 16.3. The first-order chi connectivity index (χ1) is 22.4. The van der Waals surface area contributed by atoms with Gasteiger partial charge in [-0.15, -0.1) is 0 Å². The molecule has 10 heteroatoms. The normalized spacial score (nSPS) is 17.7. The Morgan fingerprint density at radius 3 is 2.48 bits per heavy atom. The summed E-state index contributed by atoms with van der Waals surface area (Å²) in [6.07, 6.45) is 4.01. The monoisotopic (exact) mass is 630 g/mol. The van der Waals surface area contributed by atoms with Crippen LogP contribution in [-0.4, -0.2) is 80.1 Å². The van der Waals surface area contributed by atoms with Crippen LogP contribution in [0.5, 0.6) is 5.75 Å². The SMILES string of the molecule is CCOc1cc(-c2ccc(F)cc2)c(C2CC2)cc1CN1CCC2(CC1)CN(c1ccc(C(=O)NCCOCCO)cc1)C(=O)N2. The van der Waals surface area contributed by atoms with Gasteiger partial charge in [0.1, 0.15) is 11.6 Å². The van der Waals surface area contributed by atoms with Crippen molar-refractivity contribution in [3.05, 3.63) is 83.2 Å². The fourth-order valence-corrected chi connectivity index (χ4v) is 6.55. The molecule has 0 unspecified atom stereocenters. The number of amides is 3. The maximum absolute atomic E-state index is 13.7. The molecule has 46 heavy (non-hydrogen) atoms. The van der Waals surface area contributed by atoms with Gasteiger partial charge in [-0.05, 0) is 104 Å². The number of nitrogens with one attached hydrogen (secondary N) is 2. The standard InChI is InChI=1S/C36H43FN4O5/c1-2-46-33-22-32(26-5-9-29(37)10-6-26)31(25-3-4-25)21-28(33)23-40-16-13-36(14-17-40)24-41(35(44)39-36)30-11-7-27(8-12-30)34(43)38-15-19-45-20-18-42/h5-12,21-22,25,42H,2-4,13-20,23-24H2,1H3,(H,38,43)(H,39,44). The molecule has 1 spiro atoms. The Labute approximate surface area is 269 Å². The molecule has 1 saturated carbocycles. The van der Waals surface area contributed by atoms with Crippen molar-refractivity contribution in [1.29, 1.82) is 0 Å². The van der Waals surface area contributed by atoms with Crippen molar-refractivity contribution in [1.82, 2.24) is 15.5 Å². The van der Waals surface area contributed by atoms with Crippen LogP contribution in [0.15, 0.2) is 60.7 Å². The highest BCUT2D eigenvalue weighted by Gasteiger charge is 2.45. The summed E-state index contributed by atoms with van der Waals surface area (Å²) in [5.41, 5.74) is 5.59. The van der Waals surface area contributed by atoms with Gasteiger partial charge in [0.2, 0.25) is 0 Å². The predicted molar refractivity (Wildman–Crippen MR) is 175 cm³/mol. The summed E-state index contributed by atoms with van der Waals surface area (Å²) in [6, 6.07) is 18.1. The molecule has 0 radical (unpaired) electrons. The minimum absolute atomic E-state index is 0.0507. The number of ether oxygens (including phenoxy) is 2. The summed E-state index contributed by atoms with van der Waals surface area (Å²) in [5, 5.41) is 14.8. The molecule has 2 heterocycles. The van der Waals surface area contributed by atoms with Gasteiger partial charge in [0.15, 0.2) is 0 Å². The number of benzene rings is 3. The minimum Gasteiger partial charge on any atom is -0.494 e. The second-order valence-electron chi connectivity index (χ2n) is 12.5. The molecule has 3 fully saturated rings. The van der Waals surface area contributed by atoms with E-state index in [0.717, 1.165) is 55.0 Å². The van der Waals surface area contributed by atoms with E-state index >= 15 is 0 Å². The van der Waals surface area contributed by atoms with Gasteiger partial charge in [-0.25, -0.2) is 9.18 Å². The molecule has 3 amide bonds. The highest BCUT2D eigenvalue weighted by atomic mass is 19.1. The molecule has 2 aliphatic heterocycles. The third-order valence-electron chi connectivity index (χ3n) is 9.20. The number of aliphatic hydroxyl groups is 1. The average molecular weight is 631 g/mol. The van der Waals surface area contributed by atoms with Gasteiger partial charge in [-0.2, -0.15) is 0 Å². The Kier molecular flexibility index (Phi) is 9.86. The lowest BCUT2D eigenvalue weighted by Gasteiger charge is -2.39. The fourth-order valence-electron chi connectivity index (χ4n) is 6.55. The number of carbonyl (C=O) groups is 2. The van der Waals surface area contributed by atoms with Crippen molar-refractivity contribution >= 4 is 17.6 Å². The summed E-state index contributed by atoms with van der Waals surface area (Å²) < 4.78 is 25.0. The number of likely N-dealkylation sites (tertiary alicyclic amines) is 1. The van der Waals surface area contributed by atoms with Crippen LogP contribution in [0.2, 0.25) is 0 Å². The maximum atomic E-state index is 13.7. The molecular formula is C36H43FN4O5. The second-order valence-corrected chi connectivity index (χ2v) is 12.5. The third-order valence-corrected chi connectivity index (χ3v) is 9.20. The smallest absolute Gasteiger partial charge is 0.322 e. The van der Waals surface area contributed by atoms with E-state index in [9.17, 15) is 14.0 Å². The molecule has 2 saturated heterocycles. The fraction of sp³-hybridized carbons (Fsp3) is 0.444. The van der Waals surface area contributed by atoms with Gasteiger partial charge in [-0.1, -0.05) is 12.1 Å². The van der Waals surface area contributed by atoms with Crippen molar-refractivity contribution in [2.24, 2.45) is 0 Å². The van der Waals surface area contributed by atoms with Gasteiger partial charge < -0.3 is 25.2 Å². The van der Waals surface area contributed by atoms with Crippen LogP contribution < -0.4 is 20.3 Å². The summed E-state index contributed by atoms with van der Waals surface area (Å²) >= 11 is 0. The molecule has 3 N–H and O–H groups in total. The lowest BCUT2D eigenvalue weighted by molar-refractivity contribution is 0.0838. The molecule has 6 rings (SSSR count). The van der Waals surface area contributed by atoms with E-state index in [-0.39, 0.29) is 36.5 Å². The predicted octanol–water partition coefficient (Wildman–Crippen LogP) is 5.07. The summed E-state index contributed by atoms with van der Waals surface area (Å²) in [5.74, 6) is 0.952. The number of halogens is 1. The highest BCUT2D eigenvalue weighted by molar-refractivity contribution is 5.97. The molecule has 1 aliphatic carbocycles. The van der Waals surface area contributed by atoms with Gasteiger partial charge in [0.05, 0.1) is 38.5 Å². The van der Waals surface area contributed by atoms with Crippen molar-refractivity contribution in [2.45, 2.75) is 50.6 Å². The number of rotatable bonds is 13. The van der Waals surface area contributed by atoms with E-state index in [4.69, 9.17) is 14.6 Å². The van der Waals surface area contributed by atoms with Crippen LogP contribution in [0.1, 0.15) is 60.0 Å². The Morgan fingerprint density at radius 2 is 1.80 bits per heavy atom. The number of hydrogen-bond donors (Lipinski definition) is 3. The lowest BCUT2D eigenvalue weighted by Crippen LogP contribution is -2.52. The number of aliphatic hydroxyl groups excluding tert-OH is 1. The minimum atomic E-state index is -0.299. The summed E-state index contributed by atoms with van der Waals surface area (Å²) in [6.45, 7) is 6.47. The molecule has 0 atom stereocenters. The first-order valence-electron chi connectivity index (χ1n) is 16.3. The van der Waals surface area contributed by atoms with Crippen LogP contribution in [-0.2, 0) is 11.3 Å². The van der Waals surface area contributed by atoms with E-state index in [1.54, 1.807) is 17.0 Å². The second kappa shape index (κ2) is 14.2. The van der Waals surface area contributed by atoms with Crippen molar-refractivity contribution in [3.63, 3.8) is 0 Å². The first kappa shape index (κ1) is 32.0. The Balaban J connectivity index is 1.08. The topological polar surface area (TPSA) is 103 Å². The zero-order valence-corrected chi connectivity index (χ0v) is 26.4. The molecule has 0 aromatic heterocycles. The molecule has 9 nitrogen and oxygen atoms in total. The quantitative estimate of drug-likeness (QED) is 0.228. The number of anilines is 1. The van der Waals surface area contributed by atoms with E-state index in [1.807, 2.05) is 31.2 Å². The van der Waals surface area contributed by atoms with Crippen LogP contribution in [0.4, 0.5) is 14.9 Å². The number of piperidine rings is 1. The molecule has 3 aromatic rings. The van der Waals surface area contributed by atoms with E-state index in [0.29, 0.717) is 37.8 Å². The van der Waals surface area contributed by atoms with Gasteiger partial charge in [0, 0.05) is 43.0 Å². The largest absolute Gasteiger partial charge is 0.494 e. The number of hydrogen-bond acceptors (Lipinski definition) is 6. The summed E-state index contributed by atoms with van der Waals surface area (Å²) in [7, 11) is 0. The lowest BCUT2D eigenvalue weighted by atomic mass is 9.87. The van der Waals surface area contributed by atoms with E-state index in [1.165, 1.54) is 36.1 Å². The molecule has 244 valence electrons. The Morgan fingerprint density at radius 1 is 1.07 bits per heavy atom. The number of urea groups is 1. The average Bonchev–Trinajstić information content (AvgIpc) is 3.86. The van der Waals surface area contributed by atoms with Gasteiger partial charge in [-0.3, -0.25) is 14.6 Å². The van der Waals surface area contributed by atoms with Crippen LogP contribution >= 0.6 is 0 Å². The van der Waals surface area contributed by atoms with Crippen LogP contribution in [0.3, 0.4) is 0 Å². The number of carbonyl (C=O) groups excluding carboxylic acids is 2.